The average molecular weight is 369 g/mol. The first kappa shape index (κ1) is 18.6. The summed E-state index contributed by atoms with van der Waals surface area (Å²) >= 11 is 0. The van der Waals surface area contributed by atoms with Crippen molar-refractivity contribution >= 4 is 11.5 Å². The minimum Gasteiger partial charge on any atom is -0.504 e. The van der Waals surface area contributed by atoms with E-state index in [-0.39, 0.29) is 28.7 Å². The first-order valence-corrected chi connectivity index (χ1v) is 8.43. The number of aliphatic hydroxyl groups excluding tert-OH is 1. The molecule has 0 unspecified atom stereocenters. The molecule has 27 heavy (non-hydrogen) atoms. The van der Waals surface area contributed by atoms with Gasteiger partial charge < -0.3 is 9.52 Å². The molecule has 2 aromatic heterocycles. The van der Waals surface area contributed by atoms with Crippen molar-refractivity contribution in [3.63, 3.8) is 0 Å². The lowest BCUT2D eigenvalue weighted by Crippen LogP contribution is -2.22. The van der Waals surface area contributed by atoms with Crippen LogP contribution in [0.15, 0.2) is 53.2 Å². The molecule has 3 rings (SSSR count). The third-order valence-electron chi connectivity index (χ3n) is 3.87. The first-order valence-electron chi connectivity index (χ1n) is 8.43. The zero-order valence-corrected chi connectivity index (χ0v) is 15.3. The molecule has 1 aromatic carbocycles. The molecular weight excluding hydrogens is 349 g/mol. The Labute approximate surface area is 156 Å². The molecule has 0 aliphatic carbocycles. The van der Waals surface area contributed by atoms with E-state index in [1.54, 1.807) is 22.9 Å². The van der Waals surface area contributed by atoms with Gasteiger partial charge in [0.2, 0.25) is 11.6 Å². The summed E-state index contributed by atoms with van der Waals surface area (Å²) in [5.41, 5.74) is 0.575. The van der Waals surface area contributed by atoms with Crippen molar-refractivity contribution in [2.24, 2.45) is 0 Å². The molecule has 0 saturated carbocycles. The van der Waals surface area contributed by atoms with Crippen molar-refractivity contribution in [3.8, 4) is 0 Å². The molecule has 3 aromatic rings. The van der Waals surface area contributed by atoms with Crippen LogP contribution in [0.1, 0.15) is 48.5 Å². The number of carbonyl (C=O) groups excluding carboxylic acids is 1. The Morgan fingerprint density at radius 2 is 1.93 bits per heavy atom. The van der Waals surface area contributed by atoms with Crippen molar-refractivity contribution < 1.29 is 18.7 Å². The van der Waals surface area contributed by atoms with Gasteiger partial charge in [-0.05, 0) is 50.6 Å². The van der Waals surface area contributed by atoms with E-state index < -0.39 is 5.78 Å². The lowest BCUT2D eigenvalue weighted by molar-refractivity contribution is 0.101. The molecule has 7 heteroatoms. The highest BCUT2D eigenvalue weighted by molar-refractivity contribution is 6.05. The van der Waals surface area contributed by atoms with Crippen LogP contribution >= 0.6 is 0 Å². The Balaban J connectivity index is 1.72. The van der Waals surface area contributed by atoms with E-state index >= 15 is 0 Å². The molecule has 0 amide bonds. The highest BCUT2D eigenvalue weighted by Gasteiger charge is 2.18. The van der Waals surface area contributed by atoms with Crippen LogP contribution in [0.2, 0.25) is 0 Å². The van der Waals surface area contributed by atoms with Gasteiger partial charge in [-0.1, -0.05) is 12.1 Å². The lowest BCUT2D eigenvalue weighted by Gasteiger charge is -2.17. The van der Waals surface area contributed by atoms with Crippen molar-refractivity contribution in [1.82, 2.24) is 14.8 Å². The summed E-state index contributed by atoms with van der Waals surface area (Å²) in [7, 11) is 0. The summed E-state index contributed by atoms with van der Waals surface area (Å²) in [4.78, 5) is 16.3. The molecule has 0 atom stereocenters. The van der Waals surface area contributed by atoms with Crippen molar-refractivity contribution in [2.75, 3.05) is 0 Å². The van der Waals surface area contributed by atoms with Gasteiger partial charge in [-0.3, -0.25) is 4.79 Å². The monoisotopic (exact) mass is 369 g/mol. The smallest absolute Gasteiger partial charge is 0.224 e. The largest absolute Gasteiger partial charge is 0.504 e. The van der Waals surface area contributed by atoms with Crippen molar-refractivity contribution in [1.29, 1.82) is 0 Å². The Morgan fingerprint density at radius 1 is 1.22 bits per heavy atom. The molecule has 6 nitrogen and oxygen atoms in total. The van der Waals surface area contributed by atoms with Crippen LogP contribution in [0.3, 0.4) is 0 Å². The normalized spacial score (nSPS) is 12.4. The van der Waals surface area contributed by atoms with E-state index in [2.05, 4.69) is 10.1 Å². The number of ketones is 1. The van der Waals surface area contributed by atoms with Gasteiger partial charge in [0.15, 0.2) is 11.5 Å². The molecule has 0 aliphatic rings. The number of hydrogen-bond acceptors (Lipinski definition) is 5. The fourth-order valence-corrected chi connectivity index (χ4v) is 2.37. The number of benzene rings is 1. The zero-order valence-electron chi connectivity index (χ0n) is 15.3. The predicted molar refractivity (Wildman–Crippen MR) is 97.9 cm³/mol. The number of allylic oxidation sites excluding steroid dienone is 1. The minimum absolute atomic E-state index is 0.0661. The second kappa shape index (κ2) is 7.19. The number of aliphatic hydroxyl groups is 1. The number of hydrogen-bond donors (Lipinski definition) is 1. The third-order valence-corrected chi connectivity index (χ3v) is 3.87. The number of nitrogens with zero attached hydrogens (tertiary/aromatic N) is 3. The molecule has 140 valence electrons. The van der Waals surface area contributed by atoms with Crippen LogP contribution < -0.4 is 0 Å². The molecule has 2 heterocycles. The summed E-state index contributed by atoms with van der Waals surface area (Å²) < 4.78 is 20.1. The molecule has 0 saturated heterocycles. The van der Waals surface area contributed by atoms with E-state index in [4.69, 9.17) is 4.42 Å². The number of carbonyl (C=O) groups is 1. The highest BCUT2D eigenvalue weighted by atomic mass is 19.1. The summed E-state index contributed by atoms with van der Waals surface area (Å²) in [6, 6.07) is 9.26. The summed E-state index contributed by atoms with van der Waals surface area (Å²) in [6.45, 7) is 5.84. The molecule has 0 aliphatic heterocycles. The van der Waals surface area contributed by atoms with Crippen LogP contribution in [0.4, 0.5) is 4.39 Å². The van der Waals surface area contributed by atoms with Gasteiger partial charge in [-0.15, -0.1) is 5.10 Å². The van der Waals surface area contributed by atoms with Crippen LogP contribution in [-0.2, 0) is 12.0 Å². The minimum atomic E-state index is -0.495. The van der Waals surface area contributed by atoms with Crippen LogP contribution in [0, 0.1) is 5.82 Å². The topological polar surface area (TPSA) is 81.1 Å². The second-order valence-electron chi connectivity index (χ2n) is 7.15. The standard InChI is InChI=1S/C20H20FN3O3/c1-20(2,3)24-12-22-19(23-24)17(26)11-16(25)18-9-8-15(27-18)10-13-4-6-14(21)7-5-13/h4-9,11-12,26H,10H2,1-3H3/b17-11-. The number of halogens is 1. The molecule has 1 N–H and O–H groups in total. The van der Waals surface area contributed by atoms with Gasteiger partial charge in [-0.2, -0.15) is 0 Å². The summed E-state index contributed by atoms with van der Waals surface area (Å²) in [5, 5.41) is 14.3. The molecule has 0 bridgehead atoms. The van der Waals surface area contributed by atoms with E-state index in [1.165, 1.54) is 24.5 Å². The highest BCUT2D eigenvalue weighted by Crippen LogP contribution is 2.17. The van der Waals surface area contributed by atoms with Crippen molar-refractivity contribution in [3.05, 3.63) is 77.5 Å². The maximum Gasteiger partial charge on any atom is 0.224 e. The molecular formula is C20H20FN3O3. The fourth-order valence-electron chi connectivity index (χ4n) is 2.37. The SMILES string of the molecule is CC(C)(C)n1cnc(/C(O)=C/C(=O)c2ccc(Cc3ccc(F)cc3)o2)n1. The Morgan fingerprint density at radius 3 is 2.56 bits per heavy atom. The third kappa shape index (κ3) is 4.49. The van der Waals surface area contributed by atoms with Crippen molar-refractivity contribution in [2.45, 2.75) is 32.7 Å². The fraction of sp³-hybridized carbons (Fsp3) is 0.250. The number of aromatic nitrogens is 3. The van der Waals surface area contributed by atoms with Gasteiger partial charge in [0.05, 0.1) is 5.54 Å². The maximum absolute atomic E-state index is 13.0. The Kier molecular flexibility index (Phi) is 4.94. The lowest BCUT2D eigenvalue weighted by atomic mass is 10.1. The van der Waals surface area contributed by atoms with Gasteiger partial charge in [0.25, 0.3) is 0 Å². The number of rotatable bonds is 5. The quantitative estimate of drug-likeness (QED) is 0.415. The predicted octanol–water partition coefficient (Wildman–Crippen LogP) is 4.14. The van der Waals surface area contributed by atoms with E-state index in [1.807, 2.05) is 20.8 Å². The summed E-state index contributed by atoms with van der Waals surface area (Å²) in [5.74, 6) is -0.417. The second-order valence-corrected chi connectivity index (χ2v) is 7.15. The Bertz CT molecular complexity index is 979. The van der Waals surface area contributed by atoms with E-state index in [0.29, 0.717) is 12.2 Å². The first-order chi connectivity index (χ1) is 12.7. The average Bonchev–Trinajstić information content (AvgIpc) is 3.26. The Hall–Kier alpha value is -3.22. The van der Waals surface area contributed by atoms with E-state index in [9.17, 15) is 14.3 Å². The van der Waals surface area contributed by atoms with Gasteiger partial charge >= 0.3 is 0 Å². The molecule has 0 fully saturated rings. The molecule has 0 radical (unpaired) electrons. The van der Waals surface area contributed by atoms with Gasteiger partial charge in [0.1, 0.15) is 17.9 Å². The van der Waals surface area contributed by atoms with Crippen LogP contribution in [0.25, 0.3) is 5.76 Å². The summed E-state index contributed by atoms with van der Waals surface area (Å²) in [6.07, 6.45) is 2.96. The van der Waals surface area contributed by atoms with Crippen LogP contribution in [-0.4, -0.2) is 25.7 Å². The van der Waals surface area contributed by atoms with E-state index in [0.717, 1.165) is 11.6 Å². The van der Waals surface area contributed by atoms with Crippen LogP contribution in [0.5, 0.6) is 0 Å². The van der Waals surface area contributed by atoms with Gasteiger partial charge in [0, 0.05) is 12.5 Å². The maximum atomic E-state index is 13.0. The molecule has 0 spiro atoms. The zero-order chi connectivity index (χ0) is 19.6. The van der Waals surface area contributed by atoms with Gasteiger partial charge in [-0.25, -0.2) is 14.1 Å². The number of furan rings is 1.